The van der Waals surface area contributed by atoms with E-state index < -0.39 is 0 Å². The van der Waals surface area contributed by atoms with Gasteiger partial charge in [-0.05, 0) is 60.0 Å². The van der Waals surface area contributed by atoms with Crippen LogP contribution in [0, 0.1) is 13.8 Å². The molecule has 0 aliphatic rings. The van der Waals surface area contributed by atoms with E-state index >= 15 is 0 Å². The van der Waals surface area contributed by atoms with E-state index in [4.69, 9.17) is 0 Å². The van der Waals surface area contributed by atoms with Gasteiger partial charge in [0.15, 0.2) is 0 Å². The van der Waals surface area contributed by atoms with Crippen molar-refractivity contribution in [1.29, 1.82) is 0 Å². The third-order valence-electron chi connectivity index (χ3n) is 3.40. The van der Waals surface area contributed by atoms with Crippen LogP contribution in [0.2, 0.25) is 0 Å². The van der Waals surface area contributed by atoms with Gasteiger partial charge in [-0.2, -0.15) is 0 Å². The molecule has 108 valence electrons. The predicted molar refractivity (Wildman–Crippen MR) is 98.6 cm³/mol. The van der Waals surface area contributed by atoms with Crippen LogP contribution in [0.4, 0.5) is 5.69 Å². The number of aryl methyl sites for hydroxylation is 2. The van der Waals surface area contributed by atoms with Gasteiger partial charge in [-0.1, -0.05) is 22.0 Å². The van der Waals surface area contributed by atoms with Crippen LogP contribution in [-0.2, 0) is 6.54 Å². The van der Waals surface area contributed by atoms with Crippen LogP contribution in [0.25, 0.3) is 10.4 Å². The fourth-order valence-corrected chi connectivity index (χ4v) is 4.71. The fraction of sp³-hybridized carbons (Fsp3) is 0.176. The first-order chi connectivity index (χ1) is 10.1. The zero-order valence-electron chi connectivity index (χ0n) is 11.9. The van der Waals surface area contributed by atoms with E-state index in [1.165, 1.54) is 32.1 Å². The summed E-state index contributed by atoms with van der Waals surface area (Å²) in [5, 5.41) is 7.94. The van der Waals surface area contributed by atoms with Crippen LogP contribution < -0.4 is 5.32 Å². The van der Waals surface area contributed by atoms with Crippen molar-refractivity contribution in [3.63, 3.8) is 0 Å². The summed E-state index contributed by atoms with van der Waals surface area (Å²) in [5.74, 6) is 0. The normalized spacial score (nSPS) is 10.8. The van der Waals surface area contributed by atoms with Crippen molar-refractivity contribution in [2.45, 2.75) is 20.4 Å². The van der Waals surface area contributed by atoms with Crippen molar-refractivity contribution < 1.29 is 0 Å². The maximum absolute atomic E-state index is 3.58. The van der Waals surface area contributed by atoms with Crippen molar-refractivity contribution in [3.05, 3.63) is 61.6 Å². The van der Waals surface area contributed by atoms with Gasteiger partial charge in [0.05, 0.1) is 0 Å². The lowest BCUT2D eigenvalue weighted by Crippen LogP contribution is -2.01. The topological polar surface area (TPSA) is 12.0 Å². The molecule has 2 aromatic heterocycles. The van der Waals surface area contributed by atoms with E-state index in [1.807, 2.05) is 11.3 Å². The van der Waals surface area contributed by atoms with Crippen molar-refractivity contribution in [3.8, 4) is 10.4 Å². The van der Waals surface area contributed by atoms with Gasteiger partial charge in [-0.25, -0.2) is 0 Å². The smallest absolute Gasteiger partial charge is 0.0494 e. The third kappa shape index (κ3) is 3.39. The summed E-state index contributed by atoms with van der Waals surface area (Å²) >= 11 is 7.15. The number of nitrogens with one attached hydrogen (secondary N) is 1. The SMILES string of the molecule is Cc1cc(Br)cc(C)c1NCc1cc(-c2cccs2)cs1. The Bertz CT molecular complexity index is 721. The molecule has 2 heterocycles. The highest BCUT2D eigenvalue weighted by molar-refractivity contribution is 9.10. The van der Waals surface area contributed by atoms with Gasteiger partial charge in [-0.3, -0.25) is 0 Å². The molecule has 0 amide bonds. The molecule has 0 aliphatic heterocycles. The largest absolute Gasteiger partial charge is 0.380 e. The molecule has 0 saturated heterocycles. The van der Waals surface area contributed by atoms with Crippen LogP contribution in [0.1, 0.15) is 16.0 Å². The Morgan fingerprint density at radius 3 is 2.52 bits per heavy atom. The van der Waals surface area contributed by atoms with Crippen LogP contribution in [0.5, 0.6) is 0 Å². The number of benzene rings is 1. The minimum atomic E-state index is 0.874. The summed E-state index contributed by atoms with van der Waals surface area (Å²) in [5.41, 5.74) is 5.12. The number of rotatable bonds is 4. The van der Waals surface area contributed by atoms with E-state index in [9.17, 15) is 0 Å². The van der Waals surface area contributed by atoms with Crippen LogP contribution in [-0.4, -0.2) is 0 Å². The second kappa shape index (κ2) is 6.34. The number of halogens is 1. The average Bonchev–Trinajstić information content (AvgIpc) is 3.08. The Morgan fingerprint density at radius 1 is 1.10 bits per heavy atom. The van der Waals surface area contributed by atoms with Crippen LogP contribution >= 0.6 is 38.6 Å². The maximum atomic E-state index is 3.58. The molecule has 0 unspecified atom stereocenters. The molecule has 21 heavy (non-hydrogen) atoms. The molecule has 1 N–H and O–H groups in total. The lowest BCUT2D eigenvalue weighted by molar-refractivity contribution is 1.16. The average molecular weight is 378 g/mol. The van der Waals surface area contributed by atoms with Gasteiger partial charge in [0.1, 0.15) is 0 Å². The fourth-order valence-electron chi connectivity index (χ4n) is 2.41. The highest BCUT2D eigenvalue weighted by atomic mass is 79.9. The Hall–Kier alpha value is -1.10. The quantitative estimate of drug-likeness (QED) is 0.549. The number of hydrogen-bond acceptors (Lipinski definition) is 3. The molecule has 1 nitrogen and oxygen atoms in total. The van der Waals surface area contributed by atoms with Gasteiger partial charge < -0.3 is 5.32 Å². The molecular formula is C17H16BrNS2. The van der Waals surface area contributed by atoms with Crippen molar-refractivity contribution in [2.75, 3.05) is 5.32 Å². The standard InChI is InChI=1S/C17H16BrNS2/c1-11-6-14(18)7-12(2)17(11)19-9-15-8-13(10-21-15)16-4-3-5-20-16/h3-8,10,19H,9H2,1-2H3. The summed E-state index contributed by atoms with van der Waals surface area (Å²) in [4.78, 5) is 2.70. The van der Waals surface area contributed by atoms with E-state index in [-0.39, 0.29) is 0 Å². The van der Waals surface area contributed by atoms with Gasteiger partial charge in [0, 0.05) is 32.0 Å². The van der Waals surface area contributed by atoms with E-state index in [2.05, 4.69) is 76.2 Å². The molecule has 1 aromatic carbocycles. The highest BCUT2D eigenvalue weighted by Gasteiger charge is 2.06. The first kappa shape index (κ1) is 14.8. The molecule has 4 heteroatoms. The van der Waals surface area contributed by atoms with E-state index in [1.54, 1.807) is 11.3 Å². The first-order valence-electron chi connectivity index (χ1n) is 6.75. The number of hydrogen-bond donors (Lipinski definition) is 1. The van der Waals surface area contributed by atoms with Gasteiger partial charge in [-0.15, -0.1) is 22.7 Å². The van der Waals surface area contributed by atoms with Gasteiger partial charge >= 0.3 is 0 Å². The molecule has 0 atom stereocenters. The first-order valence-corrected chi connectivity index (χ1v) is 9.30. The lowest BCUT2D eigenvalue weighted by Gasteiger charge is -2.12. The Labute approximate surface area is 141 Å². The summed E-state index contributed by atoms with van der Waals surface area (Å²) in [6, 6.07) is 10.9. The molecule has 0 saturated carbocycles. The summed E-state index contributed by atoms with van der Waals surface area (Å²) < 4.78 is 1.14. The van der Waals surface area contributed by atoms with Gasteiger partial charge in [0.25, 0.3) is 0 Å². The molecule has 3 aromatic rings. The lowest BCUT2D eigenvalue weighted by atomic mass is 10.1. The molecule has 0 fully saturated rings. The zero-order valence-corrected chi connectivity index (χ0v) is 15.2. The van der Waals surface area contributed by atoms with E-state index in [0.717, 1.165) is 11.0 Å². The Kier molecular flexibility index (Phi) is 4.48. The number of thiophene rings is 2. The van der Waals surface area contributed by atoms with Crippen LogP contribution in [0.15, 0.2) is 45.6 Å². The second-order valence-electron chi connectivity index (χ2n) is 5.05. The molecular weight excluding hydrogens is 362 g/mol. The minimum absolute atomic E-state index is 0.874. The Balaban J connectivity index is 1.74. The van der Waals surface area contributed by atoms with Crippen molar-refractivity contribution >= 4 is 44.3 Å². The zero-order chi connectivity index (χ0) is 14.8. The minimum Gasteiger partial charge on any atom is -0.380 e. The summed E-state index contributed by atoms with van der Waals surface area (Å²) in [6.45, 7) is 5.16. The molecule has 0 aliphatic carbocycles. The highest BCUT2D eigenvalue weighted by Crippen LogP contribution is 2.30. The number of anilines is 1. The van der Waals surface area contributed by atoms with Crippen molar-refractivity contribution in [1.82, 2.24) is 0 Å². The molecule has 3 rings (SSSR count). The second-order valence-corrected chi connectivity index (χ2v) is 7.91. The van der Waals surface area contributed by atoms with Crippen molar-refractivity contribution in [2.24, 2.45) is 0 Å². The predicted octanol–water partition coefficient (Wildman–Crippen LogP) is 6.47. The molecule has 0 spiro atoms. The molecule has 0 bridgehead atoms. The third-order valence-corrected chi connectivity index (χ3v) is 5.71. The van der Waals surface area contributed by atoms with Crippen LogP contribution in [0.3, 0.4) is 0 Å². The Morgan fingerprint density at radius 2 is 1.86 bits per heavy atom. The molecule has 0 radical (unpaired) electrons. The monoisotopic (exact) mass is 377 g/mol. The van der Waals surface area contributed by atoms with Gasteiger partial charge in [0.2, 0.25) is 0 Å². The summed E-state index contributed by atoms with van der Waals surface area (Å²) in [6.07, 6.45) is 0. The maximum Gasteiger partial charge on any atom is 0.0494 e. The summed E-state index contributed by atoms with van der Waals surface area (Å²) in [7, 11) is 0. The van der Waals surface area contributed by atoms with E-state index in [0.29, 0.717) is 0 Å².